The van der Waals surface area contributed by atoms with Gasteiger partial charge in [0.05, 0.1) is 24.0 Å². The van der Waals surface area contributed by atoms with Crippen molar-refractivity contribution in [1.82, 2.24) is 20.2 Å². The van der Waals surface area contributed by atoms with Gasteiger partial charge in [-0.3, -0.25) is 9.69 Å². The van der Waals surface area contributed by atoms with E-state index in [2.05, 4.69) is 15.3 Å². The maximum absolute atomic E-state index is 14.5. The van der Waals surface area contributed by atoms with Crippen molar-refractivity contribution in [1.29, 1.82) is 0 Å². The molecule has 1 aliphatic heterocycles. The number of pyridine rings is 1. The van der Waals surface area contributed by atoms with Crippen molar-refractivity contribution in [3.8, 4) is 11.3 Å². The van der Waals surface area contributed by atoms with Crippen molar-refractivity contribution < 1.29 is 18.4 Å². The summed E-state index contributed by atoms with van der Waals surface area (Å²) in [5.74, 6) is 0.0448. The van der Waals surface area contributed by atoms with Crippen molar-refractivity contribution in [2.45, 2.75) is 44.7 Å². The summed E-state index contributed by atoms with van der Waals surface area (Å²) in [6.45, 7) is 2.78. The van der Waals surface area contributed by atoms with Crippen LogP contribution in [0.2, 0.25) is 0 Å². The zero-order chi connectivity index (χ0) is 26.8. The van der Waals surface area contributed by atoms with Gasteiger partial charge in [0.15, 0.2) is 12.2 Å². The molecule has 0 bridgehead atoms. The topological polar surface area (TPSA) is 140 Å². The molecule has 2 aromatic heterocycles. The zero-order valence-corrected chi connectivity index (χ0v) is 21.1. The normalized spacial score (nSPS) is 16.5. The van der Waals surface area contributed by atoms with Crippen LogP contribution in [0.1, 0.15) is 49.0 Å². The van der Waals surface area contributed by atoms with Gasteiger partial charge in [-0.15, -0.1) is 0 Å². The van der Waals surface area contributed by atoms with Gasteiger partial charge in [-0.25, -0.2) is 9.97 Å². The first-order valence-corrected chi connectivity index (χ1v) is 12.1. The summed E-state index contributed by atoms with van der Waals surface area (Å²) in [4.78, 5) is 32.8. The number of amides is 1. The molecule has 5 N–H and O–H groups in total. The molecule has 0 spiro atoms. The van der Waals surface area contributed by atoms with E-state index in [4.69, 9.17) is 15.9 Å². The number of allylic oxidation sites excluding steroid dienone is 1. The van der Waals surface area contributed by atoms with E-state index in [1.165, 1.54) is 12.6 Å². The van der Waals surface area contributed by atoms with E-state index in [1.54, 1.807) is 18.3 Å². The van der Waals surface area contributed by atoms with E-state index in [-0.39, 0.29) is 18.4 Å². The van der Waals surface area contributed by atoms with Crippen LogP contribution in [0.4, 0.5) is 4.39 Å². The first kappa shape index (κ1) is 27.5. The number of hydrogen-bond donors (Lipinski definition) is 3. The third-order valence-electron chi connectivity index (χ3n) is 6.20. The van der Waals surface area contributed by atoms with Crippen molar-refractivity contribution in [3.63, 3.8) is 0 Å². The van der Waals surface area contributed by atoms with Crippen molar-refractivity contribution >= 4 is 12.2 Å². The second-order valence-corrected chi connectivity index (χ2v) is 8.72. The predicted molar refractivity (Wildman–Crippen MR) is 138 cm³/mol. The Bertz CT molecular complexity index is 1210. The van der Waals surface area contributed by atoms with Crippen LogP contribution in [0.3, 0.4) is 0 Å². The van der Waals surface area contributed by atoms with E-state index in [9.17, 15) is 14.0 Å². The Hall–Kier alpha value is -4.05. The van der Waals surface area contributed by atoms with Gasteiger partial charge < -0.3 is 26.0 Å². The molecule has 37 heavy (non-hydrogen) atoms. The number of carbonyl (C=O) groups is 2. The quantitative estimate of drug-likeness (QED) is 0.311. The number of nitrogens with two attached hydrogens (primary N) is 2. The average molecular weight is 509 g/mol. The summed E-state index contributed by atoms with van der Waals surface area (Å²) in [5.41, 5.74) is 13.1. The van der Waals surface area contributed by atoms with E-state index >= 15 is 0 Å². The van der Waals surface area contributed by atoms with Crippen LogP contribution in [0, 0.1) is 5.95 Å². The number of likely N-dealkylation sites (N-methyl/N-ethyl adjacent to an activating group) is 1. The highest BCUT2D eigenvalue weighted by Gasteiger charge is 2.30. The average Bonchev–Trinajstić information content (AvgIpc) is 3.60. The molecule has 3 heterocycles. The number of halogens is 1. The SMILES string of the molecule is CCc1ccc(C(NC(=O)C2CCCN2C)c2cccc(-c3cnco3)c2)nc1F.N/C=C(\N)CC=O. The Morgan fingerprint density at radius 2 is 2.16 bits per heavy atom. The minimum Gasteiger partial charge on any atom is -0.444 e. The lowest BCUT2D eigenvalue weighted by Gasteiger charge is -2.24. The molecular formula is C27H33FN6O3. The fourth-order valence-electron chi connectivity index (χ4n) is 4.10. The molecular weight excluding hydrogens is 475 g/mol. The first-order chi connectivity index (χ1) is 17.9. The Morgan fingerprint density at radius 3 is 2.73 bits per heavy atom. The molecule has 1 aliphatic rings. The Kier molecular flexibility index (Phi) is 9.91. The van der Waals surface area contributed by atoms with Crippen LogP contribution in [0.15, 0.2) is 65.3 Å². The fraction of sp³-hybridized carbons (Fsp3) is 0.333. The largest absolute Gasteiger partial charge is 0.444 e. The summed E-state index contributed by atoms with van der Waals surface area (Å²) in [6.07, 6.45) is 7.52. The number of nitrogens with one attached hydrogen (secondary N) is 1. The molecule has 0 radical (unpaired) electrons. The molecule has 1 saturated heterocycles. The lowest BCUT2D eigenvalue weighted by molar-refractivity contribution is -0.125. The molecule has 0 aliphatic carbocycles. The molecule has 2 unspecified atom stereocenters. The molecule has 196 valence electrons. The second-order valence-electron chi connectivity index (χ2n) is 8.72. The maximum Gasteiger partial charge on any atom is 0.238 e. The minimum absolute atomic E-state index is 0.0770. The standard InChI is InChI=1S/C23H25FN4O2.C4H8N2O/c1-3-15-9-10-18(26-22(15)24)21(27-23(29)19-8-5-11-28(19)2)17-7-4-6-16(12-17)20-13-25-14-30-20;5-3-4(6)1-2-7/h4,6-7,9-10,12-14,19,21H,3,5,8,11H2,1-2H3,(H,27,29);2-3H,1,5-6H2/b;4-3-. The van der Waals surface area contributed by atoms with Gasteiger partial charge in [0, 0.05) is 29.4 Å². The molecule has 1 fully saturated rings. The van der Waals surface area contributed by atoms with Crippen LogP contribution in [-0.4, -0.2) is 46.7 Å². The van der Waals surface area contributed by atoms with Gasteiger partial charge in [0.1, 0.15) is 6.29 Å². The molecule has 1 amide bonds. The summed E-state index contributed by atoms with van der Waals surface area (Å²) in [7, 11) is 1.95. The number of hydrogen-bond acceptors (Lipinski definition) is 8. The number of nitrogens with zero attached hydrogens (tertiary/aromatic N) is 3. The first-order valence-electron chi connectivity index (χ1n) is 12.1. The lowest BCUT2D eigenvalue weighted by Crippen LogP contribution is -2.43. The molecule has 1 aromatic carbocycles. The van der Waals surface area contributed by atoms with Gasteiger partial charge >= 0.3 is 0 Å². The summed E-state index contributed by atoms with van der Waals surface area (Å²) < 4.78 is 19.9. The number of rotatable bonds is 8. The van der Waals surface area contributed by atoms with E-state index in [0.717, 1.165) is 30.5 Å². The van der Waals surface area contributed by atoms with Crippen LogP contribution in [-0.2, 0) is 16.0 Å². The molecule has 0 saturated carbocycles. The van der Waals surface area contributed by atoms with Gasteiger partial charge in [-0.1, -0.05) is 31.2 Å². The highest BCUT2D eigenvalue weighted by Crippen LogP contribution is 2.28. The fourth-order valence-corrected chi connectivity index (χ4v) is 4.10. The number of aryl methyl sites for hydroxylation is 1. The molecule has 10 heteroatoms. The Morgan fingerprint density at radius 1 is 1.35 bits per heavy atom. The Labute approximate surface area is 215 Å². The zero-order valence-electron chi connectivity index (χ0n) is 21.1. The predicted octanol–water partition coefficient (Wildman–Crippen LogP) is 3.07. The monoisotopic (exact) mass is 508 g/mol. The molecule has 9 nitrogen and oxygen atoms in total. The smallest absolute Gasteiger partial charge is 0.238 e. The number of aldehydes is 1. The summed E-state index contributed by atoms with van der Waals surface area (Å²) in [6, 6.07) is 10.4. The summed E-state index contributed by atoms with van der Waals surface area (Å²) >= 11 is 0. The highest BCUT2D eigenvalue weighted by atomic mass is 19.1. The van der Waals surface area contributed by atoms with Crippen LogP contribution in [0.25, 0.3) is 11.3 Å². The third kappa shape index (κ3) is 7.23. The minimum atomic E-state index is -0.574. The molecule has 2 atom stereocenters. The maximum atomic E-state index is 14.5. The van der Waals surface area contributed by atoms with Crippen molar-refractivity contribution in [2.75, 3.05) is 13.6 Å². The van der Waals surface area contributed by atoms with Gasteiger partial charge in [-0.05, 0) is 50.6 Å². The van der Waals surface area contributed by atoms with E-state index in [0.29, 0.717) is 35.4 Å². The van der Waals surface area contributed by atoms with Crippen LogP contribution < -0.4 is 16.8 Å². The Balaban J connectivity index is 0.000000479. The summed E-state index contributed by atoms with van der Waals surface area (Å²) in [5, 5.41) is 3.10. The highest BCUT2D eigenvalue weighted by molar-refractivity contribution is 5.83. The van der Waals surface area contributed by atoms with E-state index < -0.39 is 12.0 Å². The van der Waals surface area contributed by atoms with Gasteiger partial charge in [0.25, 0.3) is 0 Å². The number of likely N-dealkylation sites (tertiary alicyclic amines) is 1. The number of benzene rings is 1. The molecule has 4 rings (SSSR count). The van der Waals surface area contributed by atoms with Crippen LogP contribution >= 0.6 is 0 Å². The number of oxazole rings is 1. The number of carbonyl (C=O) groups excluding carboxylic acids is 2. The van der Waals surface area contributed by atoms with Crippen molar-refractivity contribution in [3.05, 3.63) is 83.7 Å². The van der Waals surface area contributed by atoms with Crippen LogP contribution in [0.5, 0.6) is 0 Å². The lowest BCUT2D eigenvalue weighted by atomic mass is 9.98. The third-order valence-corrected chi connectivity index (χ3v) is 6.20. The number of aromatic nitrogens is 2. The van der Waals surface area contributed by atoms with Gasteiger partial charge in [0.2, 0.25) is 11.9 Å². The van der Waals surface area contributed by atoms with Crippen molar-refractivity contribution in [2.24, 2.45) is 11.5 Å². The van der Waals surface area contributed by atoms with Gasteiger partial charge in [-0.2, -0.15) is 4.39 Å². The second kappa shape index (κ2) is 13.3. The molecule has 3 aromatic rings. The van der Waals surface area contributed by atoms with E-state index in [1.807, 2.05) is 43.1 Å².